The van der Waals surface area contributed by atoms with Gasteiger partial charge in [0, 0.05) is 13.0 Å². The quantitative estimate of drug-likeness (QED) is 0.444. The summed E-state index contributed by atoms with van der Waals surface area (Å²) in [5.41, 5.74) is 4.98. The number of carbonyl (C=O) groups is 3. The van der Waals surface area contributed by atoms with Crippen molar-refractivity contribution in [2.75, 3.05) is 19.8 Å². The summed E-state index contributed by atoms with van der Waals surface area (Å²) in [7, 11) is 0. The molecule has 0 radical (unpaired) electrons. The molecule has 0 aromatic rings. The monoisotopic (exact) mass is 273 g/mol. The lowest BCUT2D eigenvalue weighted by molar-refractivity contribution is -0.142. The number of ether oxygens (including phenoxy) is 1. The van der Waals surface area contributed by atoms with Crippen molar-refractivity contribution >= 4 is 17.9 Å². The van der Waals surface area contributed by atoms with Gasteiger partial charge in [0.15, 0.2) is 0 Å². The molecule has 1 saturated heterocycles. The van der Waals surface area contributed by atoms with Crippen molar-refractivity contribution in [1.29, 1.82) is 0 Å². The number of carboxylic acid groups (broad SMARTS) is 1. The van der Waals surface area contributed by atoms with Crippen LogP contribution in [0.1, 0.15) is 19.3 Å². The molecule has 5 N–H and O–H groups in total. The summed E-state index contributed by atoms with van der Waals surface area (Å²) < 4.78 is 5.03. The van der Waals surface area contributed by atoms with E-state index in [9.17, 15) is 14.4 Å². The Bertz CT molecular complexity index is 347. The molecule has 19 heavy (non-hydrogen) atoms. The SMILES string of the molecule is NC(=O)CCCCNC(=O)NC1COCC1C(=O)O. The third-order valence-electron chi connectivity index (χ3n) is 2.85. The molecule has 1 fully saturated rings. The van der Waals surface area contributed by atoms with Crippen LogP contribution in [-0.2, 0) is 14.3 Å². The molecular formula is C11H19N3O5. The molecule has 2 unspecified atom stereocenters. The summed E-state index contributed by atoms with van der Waals surface area (Å²) >= 11 is 0. The zero-order valence-corrected chi connectivity index (χ0v) is 10.6. The normalized spacial score (nSPS) is 21.9. The van der Waals surface area contributed by atoms with E-state index in [-0.39, 0.29) is 19.1 Å². The summed E-state index contributed by atoms with van der Waals surface area (Å²) in [5.74, 6) is -2.05. The van der Waals surface area contributed by atoms with Gasteiger partial charge in [-0.05, 0) is 12.8 Å². The van der Waals surface area contributed by atoms with Crippen LogP contribution in [0.4, 0.5) is 4.79 Å². The zero-order valence-electron chi connectivity index (χ0n) is 10.6. The Morgan fingerprint density at radius 3 is 2.63 bits per heavy atom. The molecule has 3 amide bonds. The van der Waals surface area contributed by atoms with Gasteiger partial charge in [-0.2, -0.15) is 0 Å². The van der Waals surface area contributed by atoms with Gasteiger partial charge in [0.25, 0.3) is 0 Å². The van der Waals surface area contributed by atoms with Crippen LogP contribution in [0, 0.1) is 5.92 Å². The van der Waals surface area contributed by atoms with E-state index in [1.54, 1.807) is 0 Å². The standard InChI is InChI=1S/C11H19N3O5/c12-9(15)3-1-2-4-13-11(18)14-8-6-19-5-7(8)10(16)17/h7-8H,1-6H2,(H2,12,15)(H,16,17)(H2,13,14,18). The number of nitrogens with two attached hydrogens (primary N) is 1. The molecule has 2 atom stereocenters. The maximum absolute atomic E-state index is 11.5. The maximum Gasteiger partial charge on any atom is 0.315 e. The predicted molar refractivity (Wildman–Crippen MR) is 65.3 cm³/mol. The van der Waals surface area contributed by atoms with E-state index < -0.39 is 24.0 Å². The first-order valence-electron chi connectivity index (χ1n) is 6.14. The molecule has 0 spiro atoms. The fourth-order valence-corrected chi connectivity index (χ4v) is 1.79. The number of nitrogens with one attached hydrogen (secondary N) is 2. The molecule has 1 heterocycles. The number of hydrogen-bond acceptors (Lipinski definition) is 4. The molecule has 0 aromatic carbocycles. The zero-order chi connectivity index (χ0) is 14.3. The van der Waals surface area contributed by atoms with E-state index in [0.29, 0.717) is 25.8 Å². The van der Waals surface area contributed by atoms with Crippen LogP contribution in [0.25, 0.3) is 0 Å². The average Bonchev–Trinajstić information content (AvgIpc) is 2.76. The number of unbranched alkanes of at least 4 members (excludes halogenated alkanes) is 1. The van der Waals surface area contributed by atoms with E-state index in [0.717, 1.165) is 0 Å². The molecule has 0 bridgehead atoms. The fraction of sp³-hybridized carbons (Fsp3) is 0.727. The van der Waals surface area contributed by atoms with Gasteiger partial charge >= 0.3 is 12.0 Å². The van der Waals surface area contributed by atoms with Crippen LogP contribution in [0.15, 0.2) is 0 Å². The van der Waals surface area contributed by atoms with E-state index >= 15 is 0 Å². The van der Waals surface area contributed by atoms with Crippen LogP contribution in [0.2, 0.25) is 0 Å². The Kier molecular flexibility index (Phi) is 6.07. The van der Waals surface area contributed by atoms with Crippen molar-refractivity contribution in [3.8, 4) is 0 Å². The van der Waals surface area contributed by atoms with Gasteiger partial charge in [0.2, 0.25) is 5.91 Å². The lowest BCUT2D eigenvalue weighted by Crippen LogP contribution is -2.47. The highest BCUT2D eigenvalue weighted by molar-refractivity contribution is 5.77. The van der Waals surface area contributed by atoms with Gasteiger partial charge in [0.05, 0.1) is 19.3 Å². The Balaban J connectivity index is 2.17. The molecule has 8 heteroatoms. The first kappa shape index (κ1) is 15.2. The molecule has 1 aliphatic rings. The van der Waals surface area contributed by atoms with Gasteiger partial charge < -0.3 is 26.2 Å². The smallest absolute Gasteiger partial charge is 0.315 e. The number of carbonyl (C=O) groups excluding carboxylic acids is 2. The lowest BCUT2D eigenvalue weighted by Gasteiger charge is -2.16. The molecule has 1 rings (SSSR count). The number of carboxylic acids is 1. The highest BCUT2D eigenvalue weighted by Gasteiger charge is 2.34. The van der Waals surface area contributed by atoms with E-state index in [4.69, 9.17) is 15.6 Å². The second-order valence-corrected chi connectivity index (χ2v) is 4.41. The first-order chi connectivity index (χ1) is 9.00. The van der Waals surface area contributed by atoms with Gasteiger partial charge in [-0.25, -0.2) is 4.79 Å². The minimum atomic E-state index is -0.982. The largest absolute Gasteiger partial charge is 0.481 e. The number of rotatable bonds is 7. The maximum atomic E-state index is 11.5. The molecule has 0 aromatic heterocycles. The van der Waals surface area contributed by atoms with Gasteiger partial charge in [-0.1, -0.05) is 0 Å². The van der Waals surface area contributed by atoms with Crippen molar-refractivity contribution < 1.29 is 24.2 Å². The summed E-state index contributed by atoms with van der Waals surface area (Å²) in [6.45, 7) is 0.718. The van der Waals surface area contributed by atoms with Crippen molar-refractivity contribution in [2.24, 2.45) is 11.7 Å². The Hall–Kier alpha value is -1.83. The Morgan fingerprint density at radius 2 is 2.00 bits per heavy atom. The molecule has 8 nitrogen and oxygen atoms in total. The van der Waals surface area contributed by atoms with Crippen molar-refractivity contribution in [2.45, 2.75) is 25.3 Å². The molecule has 0 aliphatic carbocycles. The summed E-state index contributed by atoms with van der Waals surface area (Å²) in [5, 5.41) is 14.1. The summed E-state index contributed by atoms with van der Waals surface area (Å²) in [6.07, 6.45) is 1.54. The highest BCUT2D eigenvalue weighted by atomic mass is 16.5. The third-order valence-corrected chi connectivity index (χ3v) is 2.85. The topological polar surface area (TPSA) is 131 Å². The molecular weight excluding hydrogens is 254 g/mol. The highest BCUT2D eigenvalue weighted by Crippen LogP contribution is 2.13. The number of urea groups is 1. The van der Waals surface area contributed by atoms with Crippen LogP contribution in [0.5, 0.6) is 0 Å². The minimum Gasteiger partial charge on any atom is -0.481 e. The predicted octanol–water partition coefficient (Wildman–Crippen LogP) is -0.959. The van der Waals surface area contributed by atoms with Crippen LogP contribution >= 0.6 is 0 Å². The molecule has 1 aliphatic heterocycles. The van der Waals surface area contributed by atoms with Gasteiger partial charge in [-0.3, -0.25) is 9.59 Å². The van der Waals surface area contributed by atoms with E-state index in [1.165, 1.54) is 0 Å². The number of amides is 3. The number of aliphatic carboxylic acids is 1. The Morgan fingerprint density at radius 1 is 1.26 bits per heavy atom. The van der Waals surface area contributed by atoms with Gasteiger partial charge in [0.1, 0.15) is 5.92 Å². The van der Waals surface area contributed by atoms with Gasteiger partial charge in [-0.15, -0.1) is 0 Å². The van der Waals surface area contributed by atoms with Crippen molar-refractivity contribution in [1.82, 2.24) is 10.6 Å². The molecule has 0 saturated carbocycles. The fourth-order valence-electron chi connectivity index (χ4n) is 1.79. The van der Waals surface area contributed by atoms with Crippen molar-refractivity contribution in [3.63, 3.8) is 0 Å². The van der Waals surface area contributed by atoms with Crippen molar-refractivity contribution in [3.05, 3.63) is 0 Å². The second kappa shape index (κ2) is 7.57. The third kappa shape index (κ3) is 5.56. The summed E-state index contributed by atoms with van der Waals surface area (Å²) in [6, 6.07) is -0.941. The number of hydrogen-bond donors (Lipinski definition) is 4. The van der Waals surface area contributed by atoms with Crippen LogP contribution in [0.3, 0.4) is 0 Å². The second-order valence-electron chi connectivity index (χ2n) is 4.41. The van der Waals surface area contributed by atoms with Crippen LogP contribution < -0.4 is 16.4 Å². The average molecular weight is 273 g/mol. The summed E-state index contributed by atoms with van der Waals surface area (Å²) in [4.78, 5) is 32.8. The minimum absolute atomic E-state index is 0.110. The first-order valence-corrected chi connectivity index (χ1v) is 6.14. The van der Waals surface area contributed by atoms with Crippen LogP contribution in [-0.4, -0.2) is 48.8 Å². The lowest BCUT2D eigenvalue weighted by atomic mass is 10.0. The molecule has 108 valence electrons. The van der Waals surface area contributed by atoms with E-state index in [2.05, 4.69) is 10.6 Å². The number of primary amides is 1. The Labute approximate surface area is 110 Å². The van der Waals surface area contributed by atoms with E-state index in [1.807, 2.05) is 0 Å².